The molecule has 0 fully saturated rings. The van der Waals surface area contributed by atoms with Crippen LogP contribution < -0.4 is 10.6 Å². The summed E-state index contributed by atoms with van der Waals surface area (Å²) in [5.41, 5.74) is 2.17. The zero-order chi connectivity index (χ0) is 19.5. The summed E-state index contributed by atoms with van der Waals surface area (Å²) in [7, 11) is 1.80. The van der Waals surface area contributed by atoms with Gasteiger partial charge in [0, 0.05) is 13.1 Å². The van der Waals surface area contributed by atoms with Crippen LogP contribution in [0, 0.1) is 0 Å². The first-order valence-electron chi connectivity index (χ1n) is 9.95. The van der Waals surface area contributed by atoms with Crippen LogP contribution in [0.15, 0.2) is 41.5 Å². The average molecular weight is 371 g/mol. The van der Waals surface area contributed by atoms with Crippen LogP contribution in [0.4, 0.5) is 0 Å². The highest BCUT2D eigenvalue weighted by molar-refractivity contribution is 5.79. The Morgan fingerprint density at radius 1 is 1.22 bits per heavy atom. The van der Waals surface area contributed by atoms with Crippen molar-refractivity contribution in [2.75, 3.05) is 26.7 Å². The van der Waals surface area contributed by atoms with Gasteiger partial charge >= 0.3 is 0 Å². The number of aromatic amines is 1. The Morgan fingerprint density at radius 2 is 1.96 bits per heavy atom. The number of H-pyrrole nitrogens is 1. The average Bonchev–Trinajstić information content (AvgIpc) is 3.18. The van der Waals surface area contributed by atoms with Crippen LogP contribution in [0.2, 0.25) is 0 Å². The zero-order valence-corrected chi connectivity index (χ0v) is 17.1. The molecule has 0 radical (unpaired) electrons. The van der Waals surface area contributed by atoms with Crippen LogP contribution in [0.25, 0.3) is 11.3 Å². The van der Waals surface area contributed by atoms with Gasteiger partial charge in [0.05, 0.1) is 18.4 Å². The number of rotatable bonds is 10. The summed E-state index contributed by atoms with van der Waals surface area (Å²) in [6, 6.07) is 10.6. The molecule has 1 aromatic heterocycles. The fourth-order valence-corrected chi connectivity index (χ4v) is 3.05. The summed E-state index contributed by atoms with van der Waals surface area (Å²) >= 11 is 0. The number of imidazole rings is 1. The van der Waals surface area contributed by atoms with Gasteiger partial charge in [0.25, 0.3) is 0 Å². The van der Waals surface area contributed by atoms with E-state index < -0.39 is 0 Å². The van der Waals surface area contributed by atoms with E-state index in [1.54, 1.807) is 7.05 Å². The van der Waals surface area contributed by atoms with Crippen LogP contribution >= 0.6 is 0 Å². The van der Waals surface area contributed by atoms with E-state index >= 15 is 0 Å². The molecule has 0 bridgehead atoms. The lowest BCUT2D eigenvalue weighted by Gasteiger charge is -2.21. The Labute approximate surface area is 163 Å². The summed E-state index contributed by atoms with van der Waals surface area (Å²) in [4.78, 5) is 14.6. The number of hydrogen-bond donors (Lipinski definition) is 3. The first-order chi connectivity index (χ1) is 13.2. The van der Waals surface area contributed by atoms with Gasteiger partial charge in [-0.1, -0.05) is 44.2 Å². The van der Waals surface area contributed by atoms with Crippen molar-refractivity contribution in [2.24, 2.45) is 4.99 Å². The third kappa shape index (κ3) is 7.06. The first kappa shape index (κ1) is 21.0. The molecular formula is C21H34N6. The molecule has 1 aromatic carbocycles. The highest BCUT2D eigenvalue weighted by Crippen LogP contribution is 2.15. The fourth-order valence-electron chi connectivity index (χ4n) is 3.05. The summed E-state index contributed by atoms with van der Waals surface area (Å²) in [6.07, 6.45) is 4.18. The van der Waals surface area contributed by atoms with E-state index in [9.17, 15) is 0 Å². The normalized spacial score (nSPS) is 13.0. The molecule has 3 N–H and O–H groups in total. The lowest BCUT2D eigenvalue weighted by molar-refractivity contribution is 0.292. The van der Waals surface area contributed by atoms with Crippen molar-refractivity contribution in [1.82, 2.24) is 25.5 Å². The second-order valence-electron chi connectivity index (χ2n) is 6.75. The molecule has 6 nitrogen and oxygen atoms in total. The Hall–Kier alpha value is -2.34. The lowest BCUT2D eigenvalue weighted by Crippen LogP contribution is -2.42. The molecule has 0 aliphatic heterocycles. The van der Waals surface area contributed by atoms with Gasteiger partial charge in [-0.05, 0) is 45.0 Å². The minimum Gasteiger partial charge on any atom is -0.354 e. The van der Waals surface area contributed by atoms with Gasteiger partial charge in [-0.25, -0.2) is 4.98 Å². The van der Waals surface area contributed by atoms with Gasteiger partial charge in [-0.2, -0.15) is 0 Å². The third-order valence-electron chi connectivity index (χ3n) is 4.75. The van der Waals surface area contributed by atoms with E-state index in [2.05, 4.69) is 63.4 Å². The Bertz CT molecular complexity index is 675. The first-order valence-corrected chi connectivity index (χ1v) is 9.95. The summed E-state index contributed by atoms with van der Waals surface area (Å²) in [5, 5.41) is 6.80. The molecule has 0 spiro atoms. The smallest absolute Gasteiger partial charge is 0.191 e. The number of hydrogen-bond acceptors (Lipinski definition) is 3. The van der Waals surface area contributed by atoms with Gasteiger partial charge in [0.1, 0.15) is 5.82 Å². The van der Waals surface area contributed by atoms with Crippen LogP contribution in [-0.4, -0.2) is 53.6 Å². The maximum Gasteiger partial charge on any atom is 0.191 e. The molecule has 1 heterocycles. The molecular weight excluding hydrogens is 336 g/mol. The van der Waals surface area contributed by atoms with Crippen molar-refractivity contribution >= 4 is 5.96 Å². The molecule has 1 unspecified atom stereocenters. The molecule has 2 aromatic rings. The Balaban J connectivity index is 1.76. The quantitative estimate of drug-likeness (QED) is 0.444. The van der Waals surface area contributed by atoms with E-state index in [1.807, 2.05) is 24.4 Å². The van der Waals surface area contributed by atoms with Crippen LogP contribution in [0.5, 0.6) is 0 Å². The van der Waals surface area contributed by atoms with Crippen molar-refractivity contribution in [1.29, 1.82) is 0 Å². The number of aliphatic imine (C=N–C) groups is 1. The van der Waals surface area contributed by atoms with E-state index in [4.69, 9.17) is 0 Å². The van der Waals surface area contributed by atoms with E-state index in [0.717, 1.165) is 49.1 Å². The third-order valence-corrected chi connectivity index (χ3v) is 4.75. The number of guanidine groups is 1. The molecule has 148 valence electrons. The van der Waals surface area contributed by atoms with Gasteiger partial charge in [-0.15, -0.1) is 0 Å². The SMILES string of the molecule is CCN(CC)CCCC(C)NC(=NC)NCc1ncc(-c2ccccc2)[nH]1. The van der Waals surface area contributed by atoms with E-state index in [0.29, 0.717) is 12.6 Å². The predicted molar refractivity (Wildman–Crippen MR) is 114 cm³/mol. The van der Waals surface area contributed by atoms with Crippen LogP contribution in [0.3, 0.4) is 0 Å². The van der Waals surface area contributed by atoms with Gasteiger partial charge in [0.2, 0.25) is 0 Å². The van der Waals surface area contributed by atoms with Crippen molar-refractivity contribution in [3.05, 3.63) is 42.4 Å². The predicted octanol–water partition coefficient (Wildman–Crippen LogP) is 3.25. The minimum absolute atomic E-state index is 0.378. The van der Waals surface area contributed by atoms with Crippen molar-refractivity contribution in [3.8, 4) is 11.3 Å². The molecule has 2 rings (SSSR count). The van der Waals surface area contributed by atoms with E-state index in [-0.39, 0.29) is 0 Å². The highest BCUT2D eigenvalue weighted by atomic mass is 15.2. The van der Waals surface area contributed by atoms with Crippen molar-refractivity contribution < 1.29 is 0 Å². The largest absolute Gasteiger partial charge is 0.354 e. The molecule has 0 amide bonds. The van der Waals surface area contributed by atoms with E-state index in [1.165, 1.54) is 6.42 Å². The Kier molecular flexibility index (Phi) is 8.84. The second-order valence-corrected chi connectivity index (χ2v) is 6.75. The maximum atomic E-state index is 4.46. The van der Waals surface area contributed by atoms with Crippen LogP contribution in [-0.2, 0) is 6.54 Å². The Morgan fingerprint density at radius 3 is 2.63 bits per heavy atom. The molecule has 0 saturated carbocycles. The maximum absolute atomic E-state index is 4.46. The van der Waals surface area contributed by atoms with Gasteiger partial charge in [0.15, 0.2) is 5.96 Å². The molecule has 1 atom stereocenters. The molecule has 0 aliphatic carbocycles. The summed E-state index contributed by atoms with van der Waals surface area (Å²) in [6.45, 7) is 10.6. The van der Waals surface area contributed by atoms with Crippen LogP contribution in [0.1, 0.15) is 39.4 Å². The standard InChI is InChI=1S/C21H34N6/c1-5-27(6-2)14-10-11-17(3)25-21(22-4)24-16-20-23-15-19(26-20)18-12-8-7-9-13-18/h7-9,12-13,15,17H,5-6,10-11,14,16H2,1-4H3,(H,23,26)(H2,22,24,25). The zero-order valence-electron chi connectivity index (χ0n) is 17.1. The van der Waals surface area contributed by atoms with Gasteiger partial charge in [-0.3, -0.25) is 4.99 Å². The van der Waals surface area contributed by atoms with Crippen molar-refractivity contribution in [2.45, 2.75) is 46.2 Å². The monoisotopic (exact) mass is 370 g/mol. The second kappa shape index (κ2) is 11.4. The number of benzene rings is 1. The lowest BCUT2D eigenvalue weighted by atomic mass is 10.2. The number of aromatic nitrogens is 2. The highest BCUT2D eigenvalue weighted by Gasteiger charge is 2.08. The molecule has 6 heteroatoms. The topological polar surface area (TPSA) is 68.3 Å². The number of nitrogens with zero attached hydrogens (tertiary/aromatic N) is 3. The van der Waals surface area contributed by atoms with Gasteiger partial charge < -0.3 is 20.5 Å². The number of nitrogens with one attached hydrogen (secondary N) is 3. The fraction of sp³-hybridized carbons (Fsp3) is 0.524. The molecule has 0 aliphatic rings. The molecule has 27 heavy (non-hydrogen) atoms. The minimum atomic E-state index is 0.378. The summed E-state index contributed by atoms with van der Waals surface area (Å²) < 4.78 is 0. The molecule has 0 saturated heterocycles. The van der Waals surface area contributed by atoms with Crippen molar-refractivity contribution in [3.63, 3.8) is 0 Å². The summed E-state index contributed by atoms with van der Waals surface area (Å²) in [5.74, 6) is 1.70.